The van der Waals surface area contributed by atoms with Crippen LogP contribution in [0.1, 0.15) is 35.8 Å². The summed E-state index contributed by atoms with van der Waals surface area (Å²) in [6.07, 6.45) is 2.44. The number of ether oxygens (including phenoxy) is 1. The van der Waals surface area contributed by atoms with Crippen LogP contribution in [-0.2, 0) is 16.1 Å². The van der Waals surface area contributed by atoms with Crippen molar-refractivity contribution in [3.8, 4) is 5.75 Å². The SMILES string of the molecule is CCCOc1ccc(C2=C(Nc3cccc(C)c3C)C(=O)N(Cc3ccco3)C2=O)cc1. The molecule has 4 rings (SSSR count). The first kappa shape index (κ1) is 21.4. The van der Waals surface area contributed by atoms with Crippen LogP contribution < -0.4 is 10.1 Å². The van der Waals surface area contributed by atoms with Gasteiger partial charge in [-0.25, -0.2) is 0 Å². The first-order valence-corrected chi connectivity index (χ1v) is 10.7. The number of aryl methyl sites for hydroxylation is 1. The molecule has 0 unspecified atom stereocenters. The quantitative estimate of drug-likeness (QED) is 0.505. The molecule has 1 aromatic heterocycles. The Bertz CT molecular complexity index is 1160. The van der Waals surface area contributed by atoms with E-state index in [2.05, 4.69) is 5.32 Å². The largest absolute Gasteiger partial charge is 0.494 e. The summed E-state index contributed by atoms with van der Waals surface area (Å²) >= 11 is 0. The second kappa shape index (κ2) is 9.14. The molecule has 0 aliphatic carbocycles. The molecule has 1 aliphatic heterocycles. The number of carbonyl (C=O) groups is 2. The van der Waals surface area contributed by atoms with Gasteiger partial charge in [-0.05, 0) is 67.3 Å². The maximum Gasteiger partial charge on any atom is 0.278 e. The molecule has 32 heavy (non-hydrogen) atoms. The molecule has 2 aromatic carbocycles. The molecule has 1 N–H and O–H groups in total. The van der Waals surface area contributed by atoms with E-state index in [0.717, 1.165) is 29.0 Å². The average Bonchev–Trinajstić information content (AvgIpc) is 3.39. The molecule has 0 fully saturated rings. The van der Waals surface area contributed by atoms with E-state index in [1.807, 2.05) is 63.2 Å². The van der Waals surface area contributed by atoms with Crippen molar-refractivity contribution in [2.75, 3.05) is 11.9 Å². The Morgan fingerprint density at radius 1 is 0.969 bits per heavy atom. The van der Waals surface area contributed by atoms with Crippen LogP contribution >= 0.6 is 0 Å². The normalized spacial score (nSPS) is 13.8. The van der Waals surface area contributed by atoms with Gasteiger partial charge in [0.05, 0.1) is 25.0 Å². The first-order chi connectivity index (χ1) is 15.5. The fourth-order valence-electron chi connectivity index (χ4n) is 3.62. The molecule has 2 heterocycles. The fraction of sp³-hybridized carbons (Fsp3) is 0.231. The van der Waals surface area contributed by atoms with E-state index in [0.29, 0.717) is 23.5 Å². The van der Waals surface area contributed by atoms with E-state index in [1.165, 1.54) is 11.2 Å². The lowest BCUT2D eigenvalue weighted by atomic mass is 10.0. The van der Waals surface area contributed by atoms with Gasteiger partial charge in [-0.2, -0.15) is 0 Å². The van der Waals surface area contributed by atoms with E-state index in [4.69, 9.17) is 9.15 Å². The number of nitrogens with one attached hydrogen (secondary N) is 1. The third kappa shape index (κ3) is 4.17. The van der Waals surface area contributed by atoms with Crippen LogP contribution in [0, 0.1) is 13.8 Å². The van der Waals surface area contributed by atoms with E-state index in [1.54, 1.807) is 12.1 Å². The van der Waals surface area contributed by atoms with Gasteiger partial charge in [0.1, 0.15) is 17.2 Å². The number of amides is 2. The number of hydrogen-bond acceptors (Lipinski definition) is 5. The number of imide groups is 1. The van der Waals surface area contributed by atoms with E-state index < -0.39 is 0 Å². The molecule has 2 amide bonds. The number of hydrogen-bond donors (Lipinski definition) is 1. The van der Waals surface area contributed by atoms with Crippen LogP contribution in [-0.4, -0.2) is 23.3 Å². The molecule has 0 radical (unpaired) electrons. The highest BCUT2D eigenvalue weighted by Crippen LogP contribution is 2.33. The minimum atomic E-state index is -0.381. The summed E-state index contributed by atoms with van der Waals surface area (Å²) in [7, 11) is 0. The van der Waals surface area contributed by atoms with Gasteiger partial charge in [0.2, 0.25) is 0 Å². The van der Waals surface area contributed by atoms with Crippen LogP contribution in [0.25, 0.3) is 5.57 Å². The van der Waals surface area contributed by atoms with Crippen molar-refractivity contribution in [2.45, 2.75) is 33.7 Å². The van der Waals surface area contributed by atoms with Crippen molar-refractivity contribution >= 4 is 23.1 Å². The zero-order valence-electron chi connectivity index (χ0n) is 18.5. The smallest absolute Gasteiger partial charge is 0.278 e. The highest BCUT2D eigenvalue weighted by Gasteiger charge is 2.39. The molecular weight excluding hydrogens is 404 g/mol. The van der Waals surface area contributed by atoms with Gasteiger partial charge in [0, 0.05) is 5.69 Å². The lowest BCUT2D eigenvalue weighted by Gasteiger charge is -2.15. The monoisotopic (exact) mass is 430 g/mol. The molecule has 0 spiro atoms. The van der Waals surface area contributed by atoms with Crippen LogP contribution in [0.15, 0.2) is 71.0 Å². The van der Waals surface area contributed by atoms with Gasteiger partial charge in [-0.15, -0.1) is 0 Å². The zero-order chi connectivity index (χ0) is 22.7. The first-order valence-electron chi connectivity index (χ1n) is 10.7. The predicted octanol–water partition coefficient (Wildman–Crippen LogP) is 5.08. The van der Waals surface area contributed by atoms with Crippen molar-refractivity contribution in [2.24, 2.45) is 0 Å². The Labute approximate surface area is 187 Å². The minimum Gasteiger partial charge on any atom is -0.494 e. The standard InChI is InChI=1S/C26H26N2O4/c1-4-14-31-20-12-10-19(11-13-20)23-24(27-22-9-5-7-17(2)18(22)3)26(30)28(25(23)29)16-21-8-6-15-32-21/h5-13,15,27H,4,14,16H2,1-3H3. The van der Waals surface area contributed by atoms with Gasteiger partial charge in [-0.1, -0.05) is 31.2 Å². The number of furan rings is 1. The van der Waals surface area contributed by atoms with Gasteiger partial charge in [0.15, 0.2) is 0 Å². The number of carbonyl (C=O) groups excluding carboxylic acids is 2. The zero-order valence-corrected chi connectivity index (χ0v) is 18.5. The Morgan fingerprint density at radius 2 is 1.75 bits per heavy atom. The molecule has 0 atom stereocenters. The number of rotatable bonds is 8. The summed E-state index contributed by atoms with van der Waals surface area (Å²) in [5.74, 6) is 0.529. The third-order valence-electron chi connectivity index (χ3n) is 5.54. The predicted molar refractivity (Wildman–Crippen MR) is 123 cm³/mol. The van der Waals surface area contributed by atoms with E-state index >= 15 is 0 Å². The number of benzene rings is 2. The molecule has 1 aliphatic rings. The fourth-order valence-corrected chi connectivity index (χ4v) is 3.62. The molecular formula is C26H26N2O4. The van der Waals surface area contributed by atoms with Crippen LogP contribution in [0.2, 0.25) is 0 Å². The van der Waals surface area contributed by atoms with Crippen molar-refractivity contribution < 1.29 is 18.7 Å². The average molecular weight is 431 g/mol. The van der Waals surface area contributed by atoms with E-state index in [-0.39, 0.29) is 24.1 Å². The summed E-state index contributed by atoms with van der Waals surface area (Å²) in [6, 6.07) is 16.6. The van der Waals surface area contributed by atoms with Crippen LogP contribution in [0.3, 0.4) is 0 Å². The number of anilines is 1. The molecule has 0 saturated carbocycles. The molecule has 6 heteroatoms. The molecule has 6 nitrogen and oxygen atoms in total. The molecule has 3 aromatic rings. The summed E-state index contributed by atoms with van der Waals surface area (Å²) in [6.45, 7) is 6.73. The highest BCUT2D eigenvalue weighted by atomic mass is 16.5. The van der Waals surface area contributed by atoms with Crippen molar-refractivity contribution in [3.05, 3.63) is 89.0 Å². The highest BCUT2D eigenvalue weighted by molar-refractivity contribution is 6.36. The molecule has 164 valence electrons. The number of nitrogens with zero attached hydrogens (tertiary/aromatic N) is 1. The topological polar surface area (TPSA) is 71.8 Å². The summed E-state index contributed by atoms with van der Waals surface area (Å²) in [5, 5.41) is 3.24. The Kier molecular flexibility index (Phi) is 6.12. The second-order valence-corrected chi connectivity index (χ2v) is 7.77. The van der Waals surface area contributed by atoms with Crippen LogP contribution in [0.4, 0.5) is 5.69 Å². The third-order valence-corrected chi connectivity index (χ3v) is 5.54. The van der Waals surface area contributed by atoms with Gasteiger partial charge >= 0.3 is 0 Å². The van der Waals surface area contributed by atoms with E-state index in [9.17, 15) is 9.59 Å². The maximum absolute atomic E-state index is 13.4. The van der Waals surface area contributed by atoms with Crippen LogP contribution in [0.5, 0.6) is 5.75 Å². The van der Waals surface area contributed by atoms with Crippen molar-refractivity contribution in [1.82, 2.24) is 4.90 Å². The van der Waals surface area contributed by atoms with Gasteiger partial charge in [-0.3, -0.25) is 14.5 Å². The van der Waals surface area contributed by atoms with Gasteiger partial charge < -0.3 is 14.5 Å². The Balaban J connectivity index is 1.73. The Morgan fingerprint density at radius 3 is 2.44 bits per heavy atom. The molecule has 0 bridgehead atoms. The maximum atomic E-state index is 13.4. The Hall–Kier alpha value is -3.80. The van der Waals surface area contributed by atoms with Crippen molar-refractivity contribution in [3.63, 3.8) is 0 Å². The molecule has 0 saturated heterocycles. The summed E-state index contributed by atoms with van der Waals surface area (Å²) < 4.78 is 11.0. The second-order valence-electron chi connectivity index (χ2n) is 7.77. The minimum absolute atomic E-state index is 0.0733. The lowest BCUT2D eigenvalue weighted by molar-refractivity contribution is -0.137. The van der Waals surface area contributed by atoms with Gasteiger partial charge in [0.25, 0.3) is 11.8 Å². The summed E-state index contributed by atoms with van der Waals surface area (Å²) in [4.78, 5) is 28.0. The summed E-state index contributed by atoms with van der Waals surface area (Å²) in [5.41, 5.74) is 4.16. The van der Waals surface area contributed by atoms with Crippen molar-refractivity contribution in [1.29, 1.82) is 0 Å². The lowest BCUT2D eigenvalue weighted by Crippen LogP contribution is -2.31.